The van der Waals surface area contributed by atoms with Crippen LogP contribution in [0.4, 0.5) is 11.6 Å². The maximum atomic E-state index is 12.2. The van der Waals surface area contributed by atoms with Crippen LogP contribution in [0.3, 0.4) is 0 Å². The predicted molar refractivity (Wildman–Crippen MR) is 88.6 cm³/mol. The van der Waals surface area contributed by atoms with Crippen molar-refractivity contribution < 1.29 is 9.53 Å². The normalized spacial score (nSPS) is 15.3. The van der Waals surface area contributed by atoms with Crippen molar-refractivity contribution in [3.05, 3.63) is 42.7 Å². The van der Waals surface area contributed by atoms with Gasteiger partial charge in [0.1, 0.15) is 5.75 Å². The lowest BCUT2D eigenvalue weighted by Crippen LogP contribution is -2.30. The molecule has 120 valence electrons. The standard InChI is InChI=1S/C17H20N4O2/c1-13(23-15-7-3-2-4-8-15)16(22)20-14-11-18-17(19-12-14)21-9-5-6-10-21/h2-4,7-8,11-13H,5-6,9-10H2,1H3,(H,20,22). The third-order valence-corrected chi connectivity index (χ3v) is 3.72. The van der Waals surface area contributed by atoms with Crippen LogP contribution in [0, 0.1) is 0 Å². The van der Waals surface area contributed by atoms with E-state index in [1.54, 1.807) is 19.3 Å². The minimum Gasteiger partial charge on any atom is -0.481 e. The summed E-state index contributed by atoms with van der Waals surface area (Å²) in [7, 11) is 0. The number of anilines is 2. The molecule has 2 aromatic rings. The van der Waals surface area contributed by atoms with Gasteiger partial charge < -0.3 is 15.0 Å². The molecule has 0 spiro atoms. The van der Waals surface area contributed by atoms with Crippen LogP contribution in [0.1, 0.15) is 19.8 Å². The maximum Gasteiger partial charge on any atom is 0.265 e. The second kappa shape index (κ2) is 7.09. The van der Waals surface area contributed by atoms with Gasteiger partial charge in [-0.15, -0.1) is 0 Å². The minimum atomic E-state index is -0.601. The predicted octanol–water partition coefficient (Wildman–Crippen LogP) is 2.48. The Morgan fingerprint density at radius 1 is 1.17 bits per heavy atom. The van der Waals surface area contributed by atoms with E-state index in [-0.39, 0.29) is 5.91 Å². The molecule has 0 saturated carbocycles. The van der Waals surface area contributed by atoms with Crippen LogP contribution in [0.5, 0.6) is 5.75 Å². The molecule has 1 N–H and O–H groups in total. The van der Waals surface area contributed by atoms with Gasteiger partial charge in [-0.05, 0) is 31.9 Å². The van der Waals surface area contributed by atoms with Crippen molar-refractivity contribution in [2.75, 3.05) is 23.3 Å². The van der Waals surface area contributed by atoms with Crippen LogP contribution in [-0.4, -0.2) is 35.1 Å². The molecule has 1 unspecified atom stereocenters. The Balaban J connectivity index is 1.56. The monoisotopic (exact) mass is 312 g/mol. The van der Waals surface area contributed by atoms with Gasteiger partial charge in [0.2, 0.25) is 5.95 Å². The van der Waals surface area contributed by atoms with Crippen LogP contribution in [0.25, 0.3) is 0 Å². The molecule has 0 bridgehead atoms. The Kier molecular flexibility index (Phi) is 4.71. The van der Waals surface area contributed by atoms with Gasteiger partial charge in [0.25, 0.3) is 5.91 Å². The summed E-state index contributed by atoms with van der Waals surface area (Å²) in [5.74, 6) is 1.15. The zero-order valence-electron chi connectivity index (χ0n) is 13.1. The summed E-state index contributed by atoms with van der Waals surface area (Å²) in [4.78, 5) is 22.9. The number of amides is 1. The van der Waals surface area contributed by atoms with Crippen LogP contribution in [0.15, 0.2) is 42.7 Å². The molecule has 1 saturated heterocycles. The van der Waals surface area contributed by atoms with Crippen molar-refractivity contribution >= 4 is 17.5 Å². The molecule has 1 aromatic heterocycles. The van der Waals surface area contributed by atoms with E-state index in [1.165, 1.54) is 12.8 Å². The molecule has 2 heterocycles. The summed E-state index contributed by atoms with van der Waals surface area (Å²) in [6, 6.07) is 9.27. The quantitative estimate of drug-likeness (QED) is 0.918. The number of ether oxygens (including phenoxy) is 1. The van der Waals surface area contributed by atoms with Crippen LogP contribution < -0.4 is 15.0 Å². The van der Waals surface area contributed by atoms with Gasteiger partial charge in [0, 0.05) is 13.1 Å². The average molecular weight is 312 g/mol. The van der Waals surface area contributed by atoms with Gasteiger partial charge in [-0.25, -0.2) is 9.97 Å². The number of carbonyl (C=O) groups excluding carboxylic acids is 1. The highest BCUT2D eigenvalue weighted by molar-refractivity contribution is 5.93. The van der Waals surface area contributed by atoms with Crippen molar-refractivity contribution in [1.82, 2.24) is 9.97 Å². The van der Waals surface area contributed by atoms with E-state index in [0.29, 0.717) is 17.4 Å². The molecule has 0 radical (unpaired) electrons. The van der Waals surface area contributed by atoms with E-state index in [2.05, 4.69) is 20.2 Å². The molecule has 23 heavy (non-hydrogen) atoms. The minimum absolute atomic E-state index is 0.230. The summed E-state index contributed by atoms with van der Waals surface area (Å²) in [5.41, 5.74) is 0.571. The van der Waals surface area contributed by atoms with Gasteiger partial charge in [-0.3, -0.25) is 4.79 Å². The molecule has 1 aliphatic heterocycles. The molecule has 3 rings (SSSR count). The van der Waals surface area contributed by atoms with Gasteiger partial charge in [-0.2, -0.15) is 0 Å². The van der Waals surface area contributed by atoms with E-state index in [9.17, 15) is 4.79 Å². The van der Waals surface area contributed by atoms with E-state index in [0.717, 1.165) is 13.1 Å². The fourth-order valence-corrected chi connectivity index (χ4v) is 2.47. The van der Waals surface area contributed by atoms with Gasteiger partial charge in [-0.1, -0.05) is 18.2 Å². The highest BCUT2D eigenvalue weighted by Gasteiger charge is 2.17. The third-order valence-electron chi connectivity index (χ3n) is 3.72. The topological polar surface area (TPSA) is 67.3 Å². The number of nitrogens with zero attached hydrogens (tertiary/aromatic N) is 3. The first-order chi connectivity index (χ1) is 11.2. The van der Waals surface area contributed by atoms with E-state index < -0.39 is 6.10 Å². The smallest absolute Gasteiger partial charge is 0.265 e. The van der Waals surface area contributed by atoms with Gasteiger partial charge in [0.05, 0.1) is 18.1 Å². The lowest BCUT2D eigenvalue weighted by molar-refractivity contribution is -0.122. The molecule has 6 heteroatoms. The lowest BCUT2D eigenvalue weighted by Gasteiger charge is -2.16. The number of rotatable bonds is 5. The van der Waals surface area contributed by atoms with E-state index in [4.69, 9.17) is 4.74 Å². The first-order valence-electron chi connectivity index (χ1n) is 7.82. The molecule has 1 atom stereocenters. The molecular weight excluding hydrogens is 292 g/mol. The Labute approximate surface area is 135 Å². The molecule has 6 nitrogen and oxygen atoms in total. The van der Waals surface area contributed by atoms with Crippen LogP contribution in [0.2, 0.25) is 0 Å². The molecule has 1 fully saturated rings. The number of para-hydroxylation sites is 1. The first kappa shape index (κ1) is 15.3. The van der Waals surface area contributed by atoms with Gasteiger partial charge >= 0.3 is 0 Å². The summed E-state index contributed by atoms with van der Waals surface area (Å²) < 4.78 is 5.59. The molecule has 0 aliphatic carbocycles. The lowest BCUT2D eigenvalue weighted by atomic mass is 10.3. The summed E-state index contributed by atoms with van der Waals surface area (Å²) in [5, 5.41) is 2.77. The number of nitrogens with one attached hydrogen (secondary N) is 1. The number of benzene rings is 1. The largest absolute Gasteiger partial charge is 0.481 e. The third kappa shape index (κ3) is 3.97. The molecule has 1 aromatic carbocycles. The summed E-state index contributed by atoms with van der Waals surface area (Å²) in [6.45, 7) is 3.70. The molecule has 1 aliphatic rings. The number of hydrogen-bond donors (Lipinski definition) is 1. The number of hydrogen-bond acceptors (Lipinski definition) is 5. The molecular formula is C17H20N4O2. The highest BCUT2D eigenvalue weighted by atomic mass is 16.5. The van der Waals surface area contributed by atoms with Crippen LogP contribution in [-0.2, 0) is 4.79 Å². The SMILES string of the molecule is CC(Oc1ccccc1)C(=O)Nc1cnc(N2CCCC2)nc1. The summed E-state index contributed by atoms with van der Waals surface area (Å²) >= 11 is 0. The number of aromatic nitrogens is 2. The summed E-state index contributed by atoms with van der Waals surface area (Å²) in [6.07, 6.45) is 5.02. The van der Waals surface area contributed by atoms with Crippen molar-refractivity contribution in [2.45, 2.75) is 25.9 Å². The second-order valence-electron chi connectivity index (χ2n) is 5.53. The fraction of sp³-hybridized carbons (Fsp3) is 0.353. The number of carbonyl (C=O) groups is 1. The fourth-order valence-electron chi connectivity index (χ4n) is 2.47. The first-order valence-corrected chi connectivity index (χ1v) is 7.82. The Morgan fingerprint density at radius 2 is 1.83 bits per heavy atom. The molecule has 1 amide bonds. The highest BCUT2D eigenvalue weighted by Crippen LogP contribution is 2.16. The Bertz CT molecular complexity index is 639. The zero-order chi connectivity index (χ0) is 16.1. The Morgan fingerprint density at radius 3 is 2.48 bits per heavy atom. The average Bonchev–Trinajstić information content (AvgIpc) is 3.11. The Hall–Kier alpha value is -2.63. The van der Waals surface area contributed by atoms with Crippen molar-refractivity contribution in [3.8, 4) is 5.75 Å². The van der Waals surface area contributed by atoms with Crippen molar-refractivity contribution in [3.63, 3.8) is 0 Å². The van der Waals surface area contributed by atoms with Crippen LogP contribution >= 0.6 is 0 Å². The van der Waals surface area contributed by atoms with Crippen molar-refractivity contribution in [2.24, 2.45) is 0 Å². The van der Waals surface area contributed by atoms with Crippen molar-refractivity contribution in [1.29, 1.82) is 0 Å². The van der Waals surface area contributed by atoms with Gasteiger partial charge in [0.15, 0.2) is 6.10 Å². The zero-order valence-corrected chi connectivity index (χ0v) is 13.1. The van der Waals surface area contributed by atoms with E-state index in [1.807, 2.05) is 30.3 Å². The van der Waals surface area contributed by atoms with E-state index >= 15 is 0 Å². The maximum absolute atomic E-state index is 12.2. The second-order valence-corrected chi connectivity index (χ2v) is 5.53.